The van der Waals surface area contributed by atoms with E-state index in [4.69, 9.17) is 14.2 Å². The van der Waals surface area contributed by atoms with Crippen LogP contribution in [0.1, 0.15) is 18.4 Å². The maximum Gasteiger partial charge on any atom is 0.409 e. The Balaban J connectivity index is 1.65. The van der Waals surface area contributed by atoms with Crippen molar-refractivity contribution in [3.05, 3.63) is 35.9 Å². The minimum atomic E-state index is -0.359. The number of aliphatic hydroxyl groups excluding tert-OH is 1. The van der Waals surface area contributed by atoms with Gasteiger partial charge in [0, 0.05) is 20.2 Å². The summed E-state index contributed by atoms with van der Waals surface area (Å²) in [6, 6.07) is 9.87. The van der Waals surface area contributed by atoms with E-state index in [9.17, 15) is 9.90 Å². The molecule has 6 nitrogen and oxygen atoms in total. The number of likely N-dealkylation sites (tertiary alicyclic amines) is 1. The van der Waals surface area contributed by atoms with Crippen LogP contribution in [0.2, 0.25) is 0 Å². The molecular formula is C17H25NO5. The third kappa shape index (κ3) is 6.17. The molecule has 2 rings (SSSR count). The van der Waals surface area contributed by atoms with E-state index in [0.29, 0.717) is 39.1 Å². The number of carbonyl (C=O) groups is 1. The molecule has 1 N–H and O–H groups in total. The standard InChI is InChI=1S/C17H25NO5/c1-21-16(12-22-11-14-5-3-2-4-6-14)13-23-17(20)18-9-7-15(19)8-10-18/h2-6,15-16,19H,7-13H2,1H3/t16-/m0/s1. The van der Waals surface area contributed by atoms with Crippen molar-refractivity contribution in [2.24, 2.45) is 0 Å². The average molecular weight is 323 g/mol. The van der Waals surface area contributed by atoms with Crippen molar-refractivity contribution in [2.45, 2.75) is 31.7 Å². The predicted molar refractivity (Wildman–Crippen MR) is 85.1 cm³/mol. The number of nitrogens with zero attached hydrogens (tertiary/aromatic N) is 1. The van der Waals surface area contributed by atoms with E-state index < -0.39 is 0 Å². The normalized spacial score (nSPS) is 17.0. The van der Waals surface area contributed by atoms with Crippen LogP contribution >= 0.6 is 0 Å². The first-order chi connectivity index (χ1) is 11.2. The summed E-state index contributed by atoms with van der Waals surface area (Å²) in [7, 11) is 1.57. The molecule has 0 spiro atoms. The fourth-order valence-electron chi connectivity index (χ4n) is 2.37. The second kappa shape index (κ2) is 9.50. The van der Waals surface area contributed by atoms with Crippen molar-refractivity contribution in [2.75, 3.05) is 33.4 Å². The van der Waals surface area contributed by atoms with Crippen molar-refractivity contribution in [1.82, 2.24) is 4.90 Å². The largest absolute Gasteiger partial charge is 0.447 e. The van der Waals surface area contributed by atoms with Gasteiger partial charge in [0.05, 0.1) is 19.3 Å². The SMILES string of the molecule is CO[C@@H](COCc1ccccc1)COC(=O)N1CCC(O)CC1. The average Bonchev–Trinajstić information content (AvgIpc) is 2.59. The van der Waals surface area contributed by atoms with Crippen LogP contribution in [-0.2, 0) is 20.8 Å². The third-order valence-corrected chi connectivity index (χ3v) is 3.86. The molecule has 1 fully saturated rings. The molecule has 1 aliphatic rings. The van der Waals surface area contributed by atoms with Crippen LogP contribution in [0.25, 0.3) is 0 Å². The minimum Gasteiger partial charge on any atom is -0.447 e. The van der Waals surface area contributed by atoms with E-state index in [1.165, 1.54) is 0 Å². The molecular weight excluding hydrogens is 298 g/mol. The van der Waals surface area contributed by atoms with E-state index in [0.717, 1.165) is 5.56 Å². The number of ether oxygens (including phenoxy) is 3. The van der Waals surface area contributed by atoms with Crippen molar-refractivity contribution in [3.8, 4) is 0 Å². The molecule has 128 valence electrons. The van der Waals surface area contributed by atoms with Crippen molar-refractivity contribution >= 4 is 6.09 Å². The van der Waals surface area contributed by atoms with Gasteiger partial charge in [-0.25, -0.2) is 4.79 Å². The monoisotopic (exact) mass is 323 g/mol. The maximum atomic E-state index is 11.9. The summed E-state index contributed by atoms with van der Waals surface area (Å²) in [5.41, 5.74) is 1.09. The zero-order valence-electron chi connectivity index (χ0n) is 13.5. The van der Waals surface area contributed by atoms with Gasteiger partial charge in [0.1, 0.15) is 12.7 Å². The molecule has 0 saturated carbocycles. The number of amides is 1. The summed E-state index contributed by atoms with van der Waals surface area (Å²) in [5.74, 6) is 0. The lowest BCUT2D eigenvalue weighted by atomic mass is 10.1. The highest BCUT2D eigenvalue weighted by molar-refractivity contribution is 5.67. The second-order valence-electron chi connectivity index (χ2n) is 5.65. The Morgan fingerprint density at radius 3 is 2.61 bits per heavy atom. The highest BCUT2D eigenvalue weighted by atomic mass is 16.6. The summed E-state index contributed by atoms with van der Waals surface area (Å²) in [5, 5.41) is 9.44. The summed E-state index contributed by atoms with van der Waals surface area (Å²) >= 11 is 0. The van der Waals surface area contributed by atoms with E-state index in [1.807, 2.05) is 30.3 Å². The molecule has 0 unspecified atom stereocenters. The first-order valence-electron chi connectivity index (χ1n) is 7.93. The summed E-state index contributed by atoms with van der Waals surface area (Å²) in [4.78, 5) is 13.6. The lowest BCUT2D eigenvalue weighted by Gasteiger charge is -2.29. The van der Waals surface area contributed by atoms with Gasteiger partial charge >= 0.3 is 6.09 Å². The van der Waals surface area contributed by atoms with Crippen LogP contribution in [0.5, 0.6) is 0 Å². The van der Waals surface area contributed by atoms with E-state index in [1.54, 1.807) is 12.0 Å². The first kappa shape index (κ1) is 17.7. The molecule has 1 aromatic carbocycles. The molecule has 0 radical (unpaired) electrons. The first-order valence-corrected chi connectivity index (χ1v) is 7.93. The molecule has 1 aromatic rings. The molecule has 1 aliphatic heterocycles. The molecule has 1 saturated heterocycles. The predicted octanol–water partition coefficient (Wildman–Crippen LogP) is 1.81. The highest BCUT2D eigenvalue weighted by Gasteiger charge is 2.23. The van der Waals surface area contributed by atoms with E-state index >= 15 is 0 Å². The molecule has 0 bridgehead atoms. The van der Waals surface area contributed by atoms with E-state index in [-0.39, 0.29) is 24.9 Å². The zero-order chi connectivity index (χ0) is 16.5. The Bertz CT molecular complexity index is 459. The van der Waals surface area contributed by atoms with Crippen molar-refractivity contribution in [3.63, 3.8) is 0 Å². The van der Waals surface area contributed by atoms with E-state index in [2.05, 4.69) is 0 Å². The van der Waals surface area contributed by atoms with Gasteiger partial charge < -0.3 is 24.2 Å². The molecule has 23 heavy (non-hydrogen) atoms. The smallest absolute Gasteiger partial charge is 0.409 e. The Kier molecular flexibility index (Phi) is 7.32. The summed E-state index contributed by atoms with van der Waals surface area (Å²) < 4.78 is 16.2. The maximum absolute atomic E-state index is 11.9. The number of methoxy groups -OCH3 is 1. The van der Waals surface area contributed by atoms with Gasteiger partial charge in [0.15, 0.2) is 0 Å². The quantitative estimate of drug-likeness (QED) is 0.829. The van der Waals surface area contributed by atoms with Crippen molar-refractivity contribution < 1.29 is 24.1 Å². The number of aliphatic hydroxyl groups is 1. The Morgan fingerprint density at radius 2 is 1.96 bits per heavy atom. The molecule has 6 heteroatoms. The zero-order valence-corrected chi connectivity index (χ0v) is 13.5. The Hall–Kier alpha value is -1.63. The van der Waals surface area contributed by atoms with Crippen LogP contribution in [-0.4, -0.2) is 61.7 Å². The minimum absolute atomic E-state index is 0.156. The fourth-order valence-corrected chi connectivity index (χ4v) is 2.37. The second-order valence-corrected chi connectivity index (χ2v) is 5.65. The van der Waals surface area contributed by atoms with Crippen LogP contribution in [0.4, 0.5) is 4.79 Å². The fraction of sp³-hybridized carbons (Fsp3) is 0.588. The number of carbonyl (C=O) groups excluding carboxylic acids is 1. The lowest BCUT2D eigenvalue weighted by Crippen LogP contribution is -2.41. The molecule has 1 amide bonds. The number of benzene rings is 1. The number of piperidine rings is 1. The number of hydrogen-bond donors (Lipinski definition) is 1. The van der Waals surface area contributed by atoms with Gasteiger partial charge in [-0.05, 0) is 18.4 Å². The highest BCUT2D eigenvalue weighted by Crippen LogP contribution is 2.11. The van der Waals surface area contributed by atoms with Gasteiger partial charge in [0.25, 0.3) is 0 Å². The summed E-state index contributed by atoms with van der Waals surface area (Å²) in [6.07, 6.45) is 0.239. The topological polar surface area (TPSA) is 68.2 Å². The van der Waals surface area contributed by atoms with Gasteiger partial charge in [-0.15, -0.1) is 0 Å². The van der Waals surface area contributed by atoms with Crippen LogP contribution < -0.4 is 0 Å². The van der Waals surface area contributed by atoms with Gasteiger partial charge in [0.2, 0.25) is 0 Å². The summed E-state index contributed by atoms with van der Waals surface area (Å²) in [6.45, 7) is 2.07. The molecule has 0 aliphatic carbocycles. The lowest BCUT2D eigenvalue weighted by molar-refractivity contribution is -0.0354. The molecule has 0 aromatic heterocycles. The Labute approximate surface area is 136 Å². The van der Waals surface area contributed by atoms with Crippen LogP contribution in [0.15, 0.2) is 30.3 Å². The van der Waals surface area contributed by atoms with Gasteiger partial charge in [-0.1, -0.05) is 30.3 Å². The number of hydrogen-bond acceptors (Lipinski definition) is 5. The Morgan fingerprint density at radius 1 is 1.26 bits per heavy atom. The van der Waals surface area contributed by atoms with Gasteiger partial charge in [-0.2, -0.15) is 0 Å². The van der Waals surface area contributed by atoms with Gasteiger partial charge in [-0.3, -0.25) is 0 Å². The molecule has 1 atom stereocenters. The molecule has 1 heterocycles. The third-order valence-electron chi connectivity index (χ3n) is 3.86. The number of rotatable bonds is 7. The van der Waals surface area contributed by atoms with Crippen LogP contribution in [0, 0.1) is 0 Å². The van der Waals surface area contributed by atoms with Crippen LogP contribution in [0.3, 0.4) is 0 Å². The van der Waals surface area contributed by atoms with Crippen molar-refractivity contribution in [1.29, 1.82) is 0 Å².